The Morgan fingerprint density at radius 3 is 2.06 bits per heavy atom. The number of esters is 1. The van der Waals surface area contributed by atoms with Crippen LogP contribution in [0.3, 0.4) is 0 Å². The molecule has 0 saturated carbocycles. The third-order valence-corrected chi connectivity index (χ3v) is 4.22. The summed E-state index contributed by atoms with van der Waals surface area (Å²) in [5.74, 6) is 0.297. The Kier molecular flexibility index (Phi) is 7.31. The van der Waals surface area contributed by atoms with Crippen LogP contribution in [0.15, 0.2) is 78.9 Å². The van der Waals surface area contributed by atoms with E-state index in [4.69, 9.17) is 9.47 Å². The summed E-state index contributed by atoms with van der Waals surface area (Å²) in [6.07, 6.45) is 0.0236. The summed E-state index contributed by atoms with van der Waals surface area (Å²) in [4.78, 5) is 33.9. The minimum absolute atomic E-state index is 0.0120. The number of non-ortho nitro benzene ring substituents is 1. The van der Waals surface area contributed by atoms with Crippen LogP contribution in [0.25, 0.3) is 0 Å². The van der Waals surface area contributed by atoms with Crippen molar-refractivity contribution in [2.45, 2.75) is 19.4 Å². The van der Waals surface area contributed by atoms with Crippen molar-refractivity contribution >= 4 is 23.3 Å². The first-order valence-electron chi connectivity index (χ1n) is 9.51. The molecule has 0 radical (unpaired) electrons. The maximum Gasteiger partial charge on any atom is 0.306 e. The first-order chi connectivity index (χ1) is 15.0. The van der Waals surface area contributed by atoms with E-state index in [0.29, 0.717) is 17.2 Å². The minimum atomic E-state index is -0.477. The van der Waals surface area contributed by atoms with Crippen LogP contribution >= 0.6 is 0 Å². The summed E-state index contributed by atoms with van der Waals surface area (Å²) >= 11 is 0. The smallest absolute Gasteiger partial charge is 0.306 e. The van der Waals surface area contributed by atoms with E-state index in [2.05, 4.69) is 5.32 Å². The van der Waals surface area contributed by atoms with Gasteiger partial charge in [0.15, 0.2) is 0 Å². The van der Waals surface area contributed by atoms with Crippen LogP contribution in [0, 0.1) is 10.1 Å². The van der Waals surface area contributed by atoms with Gasteiger partial charge in [0.1, 0.15) is 18.1 Å². The van der Waals surface area contributed by atoms with Crippen LogP contribution in [0.5, 0.6) is 11.5 Å². The molecule has 0 spiro atoms. The normalized spacial score (nSPS) is 10.2. The lowest BCUT2D eigenvalue weighted by molar-refractivity contribution is -0.384. The van der Waals surface area contributed by atoms with Gasteiger partial charge in [0.25, 0.3) is 5.69 Å². The molecular weight excluding hydrogens is 400 g/mol. The lowest BCUT2D eigenvalue weighted by atomic mass is 10.2. The number of nitro groups is 1. The molecule has 0 bridgehead atoms. The first kappa shape index (κ1) is 21.5. The zero-order valence-corrected chi connectivity index (χ0v) is 16.5. The summed E-state index contributed by atoms with van der Waals surface area (Å²) in [7, 11) is 0. The quantitative estimate of drug-likeness (QED) is 0.301. The van der Waals surface area contributed by atoms with Crippen LogP contribution < -0.4 is 10.1 Å². The average Bonchev–Trinajstić information content (AvgIpc) is 2.78. The molecule has 0 aliphatic rings. The number of hydrogen-bond donors (Lipinski definition) is 1. The number of carbonyl (C=O) groups excluding carboxylic acids is 2. The molecule has 0 aliphatic heterocycles. The Morgan fingerprint density at radius 2 is 1.45 bits per heavy atom. The molecule has 0 fully saturated rings. The molecule has 0 heterocycles. The Hall–Kier alpha value is -4.20. The molecule has 3 aromatic carbocycles. The fraction of sp³-hybridized carbons (Fsp3) is 0.130. The molecule has 0 unspecified atom stereocenters. The Morgan fingerprint density at radius 1 is 0.839 bits per heavy atom. The van der Waals surface area contributed by atoms with Gasteiger partial charge in [0.05, 0.1) is 11.3 Å². The molecular formula is C23H20N2O6. The van der Waals surface area contributed by atoms with Crippen LogP contribution in [-0.2, 0) is 20.9 Å². The molecule has 1 amide bonds. The number of amides is 1. The van der Waals surface area contributed by atoms with Gasteiger partial charge in [-0.1, -0.05) is 30.3 Å². The monoisotopic (exact) mass is 420 g/mol. The van der Waals surface area contributed by atoms with E-state index in [1.165, 1.54) is 24.3 Å². The zero-order valence-electron chi connectivity index (χ0n) is 16.5. The summed E-state index contributed by atoms with van der Waals surface area (Å²) in [6, 6.07) is 21.7. The number of rotatable bonds is 9. The molecule has 8 heteroatoms. The molecule has 8 nitrogen and oxygen atoms in total. The topological polar surface area (TPSA) is 108 Å². The Bertz CT molecular complexity index is 1030. The van der Waals surface area contributed by atoms with Gasteiger partial charge in [-0.15, -0.1) is 0 Å². The number of hydrogen-bond acceptors (Lipinski definition) is 6. The second-order valence-electron chi connectivity index (χ2n) is 6.57. The predicted molar refractivity (Wildman–Crippen MR) is 114 cm³/mol. The Labute approximate surface area is 178 Å². The van der Waals surface area contributed by atoms with Crippen LogP contribution in [-0.4, -0.2) is 16.8 Å². The minimum Gasteiger partial charge on any atom is -0.461 e. The Balaban J connectivity index is 1.40. The summed E-state index contributed by atoms with van der Waals surface area (Å²) in [5, 5.41) is 13.4. The van der Waals surface area contributed by atoms with E-state index in [-0.39, 0.29) is 31.0 Å². The molecule has 0 atom stereocenters. The number of ether oxygens (including phenoxy) is 2. The van der Waals surface area contributed by atoms with Gasteiger partial charge in [0, 0.05) is 24.2 Å². The molecule has 158 valence electrons. The number of para-hydroxylation sites is 1. The number of benzene rings is 3. The number of nitrogens with zero attached hydrogens (tertiary/aromatic N) is 1. The molecule has 31 heavy (non-hydrogen) atoms. The highest BCUT2D eigenvalue weighted by Crippen LogP contribution is 2.24. The van der Waals surface area contributed by atoms with E-state index in [1.54, 1.807) is 36.4 Å². The number of carbonyl (C=O) groups is 2. The molecule has 1 N–H and O–H groups in total. The van der Waals surface area contributed by atoms with Crippen LogP contribution in [0.1, 0.15) is 18.4 Å². The molecule has 3 rings (SSSR count). The fourth-order valence-corrected chi connectivity index (χ4v) is 2.62. The van der Waals surface area contributed by atoms with Crippen molar-refractivity contribution in [3.8, 4) is 11.5 Å². The SMILES string of the molecule is O=C(CCC(=O)OCc1ccc(Oc2ccc([N+](=O)[O-])cc2)cc1)Nc1ccccc1. The van der Waals surface area contributed by atoms with Crippen molar-refractivity contribution in [1.29, 1.82) is 0 Å². The highest BCUT2D eigenvalue weighted by Gasteiger charge is 2.09. The first-order valence-corrected chi connectivity index (χ1v) is 9.51. The zero-order chi connectivity index (χ0) is 22.1. The summed E-state index contributed by atoms with van der Waals surface area (Å²) in [5.41, 5.74) is 1.43. The highest BCUT2D eigenvalue weighted by atomic mass is 16.6. The van der Waals surface area contributed by atoms with Crippen molar-refractivity contribution < 1.29 is 24.0 Å². The van der Waals surface area contributed by atoms with E-state index in [9.17, 15) is 19.7 Å². The van der Waals surface area contributed by atoms with Gasteiger partial charge in [-0.3, -0.25) is 19.7 Å². The third-order valence-electron chi connectivity index (χ3n) is 4.22. The van der Waals surface area contributed by atoms with Gasteiger partial charge in [-0.25, -0.2) is 0 Å². The molecule has 0 aromatic heterocycles. The lowest BCUT2D eigenvalue weighted by Gasteiger charge is -2.08. The second-order valence-corrected chi connectivity index (χ2v) is 6.57. The number of anilines is 1. The van der Waals surface area contributed by atoms with Gasteiger partial charge in [-0.05, 0) is 42.0 Å². The van der Waals surface area contributed by atoms with E-state index in [0.717, 1.165) is 5.56 Å². The van der Waals surface area contributed by atoms with Crippen molar-refractivity contribution in [2.75, 3.05) is 5.32 Å². The third kappa shape index (κ3) is 6.97. The number of nitro benzene ring substituents is 1. The van der Waals surface area contributed by atoms with Crippen molar-refractivity contribution in [2.24, 2.45) is 0 Å². The van der Waals surface area contributed by atoms with Crippen LogP contribution in [0.4, 0.5) is 11.4 Å². The maximum absolute atomic E-state index is 11.9. The predicted octanol–water partition coefficient (Wildman–Crippen LogP) is 4.85. The van der Waals surface area contributed by atoms with E-state index in [1.807, 2.05) is 18.2 Å². The van der Waals surface area contributed by atoms with Crippen molar-refractivity contribution in [1.82, 2.24) is 0 Å². The highest BCUT2D eigenvalue weighted by molar-refractivity contribution is 5.92. The average molecular weight is 420 g/mol. The summed E-state index contributed by atoms with van der Waals surface area (Å²) in [6.45, 7) is 0.0803. The van der Waals surface area contributed by atoms with Gasteiger partial charge in [-0.2, -0.15) is 0 Å². The van der Waals surface area contributed by atoms with Gasteiger partial charge in [0.2, 0.25) is 5.91 Å². The van der Waals surface area contributed by atoms with Crippen molar-refractivity contribution in [3.63, 3.8) is 0 Å². The van der Waals surface area contributed by atoms with E-state index >= 15 is 0 Å². The van der Waals surface area contributed by atoms with Gasteiger partial charge >= 0.3 is 5.97 Å². The van der Waals surface area contributed by atoms with Gasteiger partial charge < -0.3 is 14.8 Å². The number of nitrogens with one attached hydrogen (secondary N) is 1. The second kappa shape index (κ2) is 10.5. The largest absolute Gasteiger partial charge is 0.461 e. The molecule has 0 saturated heterocycles. The lowest BCUT2D eigenvalue weighted by Crippen LogP contribution is -2.14. The summed E-state index contributed by atoms with van der Waals surface area (Å²) < 4.78 is 10.8. The standard InChI is InChI=1S/C23H20N2O6/c26-22(24-18-4-2-1-3-5-18)14-15-23(27)30-16-17-6-10-20(11-7-17)31-21-12-8-19(9-13-21)25(28)29/h1-13H,14-16H2,(H,24,26). The van der Waals surface area contributed by atoms with Crippen LogP contribution in [0.2, 0.25) is 0 Å². The van der Waals surface area contributed by atoms with E-state index < -0.39 is 10.9 Å². The van der Waals surface area contributed by atoms with Crippen molar-refractivity contribution in [3.05, 3.63) is 94.5 Å². The maximum atomic E-state index is 11.9. The molecule has 3 aromatic rings. The fourth-order valence-electron chi connectivity index (χ4n) is 2.62. The molecule has 0 aliphatic carbocycles.